The molecule has 0 fully saturated rings. The molecule has 0 saturated heterocycles. The molecule has 0 bridgehead atoms. The summed E-state index contributed by atoms with van der Waals surface area (Å²) in [4.78, 5) is 11.6. The molecular formula is C14H13NO3. The number of cyclic esters (lactones) is 1. The van der Waals surface area contributed by atoms with Gasteiger partial charge in [-0.15, -0.1) is 0 Å². The van der Waals surface area contributed by atoms with E-state index in [4.69, 9.17) is 14.7 Å². The summed E-state index contributed by atoms with van der Waals surface area (Å²) in [6, 6.07) is 9.34. The number of benzene rings is 1. The van der Waals surface area contributed by atoms with E-state index in [2.05, 4.69) is 0 Å². The fourth-order valence-electron chi connectivity index (χ4n) is 2.00. The normalized spacial score (nSPS) is 22.7. The Balaban J connectivity index is 2.37. The van der Waals surface area contributed by atoms with Gasteiger partial charge in [0.2, 0.25) is 0 Å². The second-order valence-electron chi connectivity index (χ2n) is 4.10. The maximum Gasteiger partial charge on any atom is 0.329 e. The highest BCUT2D eigenvalue weighted by Crippen LogP contribution is 2.33. The summed E-state index contributed by atoms with van der Waals surface area (Å²) >= 11 is 0. The topological polar surface area (TPSA) is 59.3 Å². The van der Waals surface area contributed by atoms with Gasteiger partial charge >= 0.3 is 5.97 Å². The van der Waals surface area contributed by atoms with Gasteiger partial charge < -0.3 is 9.47 Å². The average molecular weight is 243 g/mol. The van der Waals surface area contributed by atoms with Crippen LogP contribution >= 0.6 is 0 Å². The molecule has 2 rings (SSSR count). The number of allylic oxidation sites excluding steroid dienone is 2. The van der Waals surface area contributed by atoms with E-state index in [1.807, 2.05) is 30.3 Å². The highest BCUT2D eigenvalue weighted by atomic mass is 16.5. The minimum absolute atomic E-state index is 0.262. The molecule has 92 valence electrons. The van der Waals surface area contributed by atoms with Crippen LogP contribution < -0.4 is 4.74 Å². The van der Waals surface area contributed by atoms with Gasteiger partial charge in [0.15, 0.2) is 5.92 Å². The van der Waals surface area contributed by atoms with E-state index in [1.54, 1.807) is 20.1 Å². The van der Waals surface area contributed by atoms with E-state index in [-0.39, 0.29) is 5.92 Å². The molecule has 0 amide bonds. The molecule has 0 saturated carbocycles. The average Bonchev–Trinajstić information content (AvgIpc) is 2.38. The zero-order chi connectivity index (χ0) is 13.1. The highest BCUT2D eigenvalue weighted by Gasteiger charge is 2.33. The lowest BCUT2D eigenvalue weighted by molar-refractivity contribution is -0.143. The summed E-state index contributed by atoms with van der Waals surface area (Å²) in [5.41, 5.74) is 0.901. The van der Waals surface area contributed by atoms with Crippen LogP contribution in [0.2, 0.25) is 0 Å². The number of carbonyl (C=O) groups is 1. The van der Waals surface area contributed by atoms with Crippen molar-refractivity contribution in [1.82, 2.24) is 0 Å². The molecule has 0 aliphatic carbocycles. The molecule has 4 nitrogen and oxygen atoms in total. The predicted molar refractivity (Wildman–Crippen MR) is 64.7 cm³/mol. The second kappa shape index (κ2) is 4.92. The quantitative estimate of drug-likeness (QED) is 0.748. The third kappa shape index (κ3) is 2.21. The summed E-state index contributed by atoms with van der Waals surface area (Å²) < 4.78 is 10.0. The fraction of sp³-hybridized carbons (Fsp3) is 0.286. The third-order valence-corrected chi connectivity index (χ3v) is 2.93. The van der Waals surface area contributed by atoms with Crippen molar-refractivity contribution in [1.29, 1.82) is 5.26 Å². The molecule has 0 N–H and O–H groups in total. The standard InChI is InChI=1S/C14H13NO3/c1-9-7-12(13(8-15)14(16)18-9)10-3-5-11(17-2)6-4-10/h3-7,12-13H,1-2H3. The number of hydrogen-bond acceptors (Lipinski definition) is 4. The number of methoxy groups -OCH3 is 1. The van der Waals surface area contributed by atoms with Crippen LogP contribution in [0.1, 0.15) is 18.4 Å². The third-order valence-electron chi connectivity index (χ3n) is 2.93. The predicted octanol–water partition coefficient (Wildman–Crippen LogP) is 2.38. The van der Waals surface area contributed by atoms with Crippen LogP contribution in [0.3, 0.4) is 0 Å². The molecule has 0 radical (unpaired) electrons. The molecule has 1 aliphatic heterocycles. The molecule has 1 aromatic carbocycles. The molecule has 4 heteroatoms. The maximum absolute atomic E-state index is 11.6. The lowest BCUT2D eigenvalue weighted by Crippen LogP contribution is -2.26. The summed E-state index contributed by atoms with van der Waals surface area (Å²) in [5, 5.41) is 9.08. The van der Waals surface area contributed by atoms with Crippen LogP contribution in [0, 0.1) is 17.2 Å². The van der Waals surface area contributed by atoms with Gasteiger partial charge in [-0.05, 0) is 30.7 Å². The Hall–Kier alpha value is -2.28. The number of esters is 1. The number of carbonyl (C=O) groups excluding carboxylic acids is 1. The molecule has 1 aliphatic rings. The SMILES string of the molecule is COc1ccc(C2C=C(C)OC(=O)C2C#N)cc1. The molecular weight excluding hydrogens is 230 g/mol. The number of nitrogens with zero attached hydrogens (tertiary/aromatic N) is 1. The number of ether oxygens (including phenoxy) is 2. The van der Waals surface area contributed by atoms with E-state index in [0.29, 0.717) is 5.76 Å². The molecule has 1 aromatic rings. The van der Waals surface area contributed by atoms with Crippen LogP contribution in [0.5, 0.6) is 5.75 Å². The highest BCUT2D eigenvalue weighted by molar-refractivity contribution is 5.79. The van der Waals surface area contributed by atoms with Crippen molar-refractivity contribution in [3.05, 3.63) is 41.7 Å². The number of rotatable bonds is 2. The van der Waals surface area contributed by atoms with Crippen LogP contribution in [0.4, 0.5) is 0 Å². The Bertz CT molecular complexity index is 525. The zero-order valence-electron chi connectivity index (χ0n) is 10.2. The maximum atomic E-state index is 11.6. The van der Waals surface area contributed by atoms with E-state index in [0.717, 1.165) is 11.3 Å². The molecule has 1 heterocycles. The van der Waals surface area contributed by atoms with Crippen molar-refractivity contribution >= 4 is 5.97 Å². The Morgan fingerprint density at radius 3 is 2.56 bits per heavy atom. The van der Waals surface area contributed by atoms with Crippen molar-refractivity contribution in [2.24, 2.45) is 5.92 Å². The molecule has 18 heavy (non-hydrogen) atoms. The van der Waals surface area contributed by atoms with E-state index < -0.39 is 11.9 Å². The van der Waals surface area contributed by atoms with E-state index >= 15 is 0 Å². The van der Waals surface area contributed by atoms with Crippen LogP contribution in [-0.2, 0) is 9.53 Å². The second-order valence-corrected chi connectivity index (χ2v) is 4.10. The fourth-order valence-corrected chi connectivity index (χ4v) is 2.00. The summed E-state index contributed by atoms with van der Waals surface area (Å²) in [7, 11) is 1.59. The van der Waals surface area contributed by atoms with Gasteiger partial charge in [-0.3, -0.25) is 4.79 Å². The van der Waals surface area contributed by atoms with E-state index in [1.165, 1.54) is 0 Å². The Kier molecular flexibility index (Phi) is 3.33. The first-order chi connectivity index (χ1) is 8.65. The van der Waals surface area contributed by atoms with Gasteiger partial charge in [0.1, 0.15) is 11.5 Å². The van der Waals surface area contributed by atoms with Gasteiger partial charge in [-0.25, -0.2) is 0 Å². The van der Waals surface area contributed by atoms with Crippen molar-refractivity contribution in [3.8, 4) is 11.8 Å². The summed E-state index contributed by atoms with van der Waals surface area (Å²) in [5.74, 6) is -0.263. The Morgan fingerprint density at radius 1 is 1.33 bits per heavy atom. The molecule has 2 atom stereocenters. The number of nitriles is 1. The van der Waals surface area contributed by atoms with Crippen molar-refractivity contribution in [2.75, 3.05) is 7.11 Å². The van der Waals surface area contributed by atoms with Crippen LogP contribution in [0.25, 0.3) is 0 Å². The van der Waals surface area contributed by atoms with Crippen LogP contribution in [0.15, 0.2) is 36.1 Å². The summed E-state index contributed by atoms with van der Waals surface area (Å²) in [6.45, 7) is 1.71. The van der Waals surface area contributed by atoms with Gasteiger partial charge in [0.05, 0.1) is 13.2 Å². The minimum atomic E-state index is -0.790. The van der Waals surface area contributed by atoms with Crippen LogP contribution in [-0.4, -0.2) is 13.1 Å². The Labute approximate surface area is 105 Å². The molecule has 0 aromatic heterocycles. The van der Waals surface area contributed by atoms with Crippen molar-refractivity contribution < 1.29 is 14.3 Å². The lowest BCUT2D eigenvalue weighted by Gasteiger charge is -2.23. The van der Waals surface area contributed by atoms with E-state index in [9.17, 15) is 4.79 Å². The van der Waals surface area contributed by atoms with Gasteiger partial charge in [0.25, 0.3) is 0 Å². The first kappa shape index (κ1) is 12.2. The van der Waals surface area contributed by atoms with Crippen molar-refractivity contribution in [3.63, 3.8) is 0 Å². The minimum Gasteiger partial charge on any atom is -0.497 e. The first-order valence-electron chi connectivity index (χ1n) is 5.59. The van der Waals surface area contributed by atoms with Gasteiger partial charge in [-0.1, -0.05) is 12.1 Å². The number of hydrogen-bond donors (Lipinski definition) is 0. The monoisotopic (exact) mass is 243 g/mol. The van der Waals surface area contributed by atoms with Gasteiger partial charge in [0, 0.05) is 5.92 Å². The lowest BCUT2D eigenvalue weighted by atomic mass is 9.85. The smallest absolute Gasteiger partial charge is 0.329 e. The zero-order valence-corrected chi connectivity index (χ0v) is 10.2. The summed E-state index contributed by atoms with van der Waals surface area (Å²) in [6.07, 6.45) is 1.80. The largest absolute Gasteiger partial charge is 0.497 e. The van der Waals surface area contributed by atoms with Crippen molar-refractivity contribution in [2.45, 2.75) is 12.8 Å². The van der Waals surface area contributed by atoms with Gasteiger partial charge in [-0.2, -0.15) is 5.26 Å². The Morgan fingerprint density at radius 2 is 2.00 bits per heavy atom. The molecule has 0 spiro atoms. The first-order valence-corrected chi connectivity index (χ1v) is 5.59. The molecule has 2 unspecified atom stereocenters.